The van der Waals surface area contributed by atoms with Crippen LogP contribution in [0.2, 0.25) is 5.02 Å². The van der Waals surface area contributed by atoms with E-state index >= 15 is 0 Å². The molecule has 1 heterocycles. The molecule has 2 saturated carbocycles. The molecule has 4 aliphatic carbocycles. The summed E-state index contributed by atoms with van der Waals surface area (Å²) in [6.45, 7) is 3.48. The maximum absolute atomic E-state index is 13.9. The van der Waals surface area contributed by atoms with Gasteiger partial charge in [-0.05, 0) is 56.1 Å². The number of nitrogens with zero attached hydrogens (tertiary/aromatic N) is 2. The monoisotopic (exact) mass is 488 g/mol. The van der Waals surface area contributed by atoms with Gasteiger partial charge in [0.25, 0.3) is 17.7 Å². The van der Waals surface area contributed by atoms with Gasteiger partial charge in [0.2, 0.25) is 0 Å². The summed E-state index contributed by atoms with van der Waals surface area (Å²) < 4.78 is 0. The normalized spacial score (nSPS) is 30.7. The molecule has 1 saturated heterocycles. The van der Waals surface area contributed by atoms with Crippen molar-refractivity contribution < 1.29 is 19.2 Å². The molecule has 5 aliphatic rings. The maximum Gasteiger partial charge on any atom is 0.275 e. The van der Waals surface area contributed by atoms with Gasteiger partial charge < -0.3 is 0 Å². The van der Waals surface area contributed by atoms with Crippen LogP contribution in [0.5, 0.6) is 0 Å². The number of hydrogen-bond donors (Lipinski definition) is 0. The third-order valence-corrected chi connectivity index (χ3v) is 8.58. The second kappa shape index (κ2) is 7.89. The van der Waals surface area contributed by atoms with Crippen LogP contribution in [0.25, 0.3) is 0 Å². The fourth-order valence-corrected chi connectivity index (χ4v) is 6.64. The summed E-state index contributed by atoms with van der Waals surface area (Å²) in [5, 5.41) is 2.21. The number of aryl methyl sites for hydroxylation is 1. The predicted molar refractivity (Wildman–Crippen MR) is 129 cm³/mol. The van der Waals surface area contributed by atoms with Crippen LogP contribution < -0.4 is 0 Å². The molecule has 2 bridgehead atoms. The van der Waals surface area contributed by atoms with Crippen LogP contribution >= 0.6 is 11.6 Å². The fraction of sp³-hybridized carbons (Fsp3) is 0.357. The summed E-state index contributed by atoms with van der Waals surface area (Å²) in [6, 6.07) is 12.4. The lowest BCUT2D eigenvalue weighted by atomic mass is 9.63. The number of ketones is 1. The van der Waals surface area contributed by atoms with Crippen LogP contribution in [0.1, 0.15) is 39.6 Å². The first-order valence-corrected chi connectivity index (χ1v) is 12.4. The molecule has 0 spiro atoms. The summed E-state index contributed by atoms with van der Waals surface area (Å²) in [5.74, 6) is -1.87. The Hall–Kier alpha value is -3.25. The first kappa shape index (κ1) is 22.2. The van der Waals surface area contributed by atoms with Gasteiger partial charge in [-0.15, -0.1) is 0 Å². The highest BCUT2D eigenvalue weighted by molar-refractivity contribution is 6.34. The topological polar surface area (TPSA) is 74.8 Å². The molecule has 7 atom stereocenters. The van der Waals surface area contributed by atoms with Gasteiger partial charge in [0, 0.05) is 5.56 Å². The summed E-state index contributed by atoms with van der Waals surface area (Å²) in [5.41, 5.74) is 1.53. The van der Waals surface area contributed by atoms with E-state index in [1.807, 2.05) is 19.1 Å². The first-order chi connectivity index (χ1) is 16.8. The third-order valence-electron chi connectivity index (χ3n) is 8.25. The molecule has 35 heavy (non-hydrogen) atoms. The average Bonchev–Trinajstić information content (AvgIpc) is 3.64. The molecule has 2 aromatic carbocycles. The molecule has 3 amide bonds. The van der Waals surface area contributed by atoms with Crippen molar-refractivity contribution in [1.29, 1.82) is 0 Å². The molecular formula is C28H25ClN2O4. The zero-order valence-electron chi connectivity index (χ0n) is 19.4. The number of hydrazine groups is 1. The van der Waals surface area contributed by atoms with Crippen molar-refractivity contribution >= 4 is 35.1 Å². The fourth-order valence-electron chi connectivity index (χ4n) is 6.42. The van der Waals surface area contributed by atoms with E-state index in [2.05, 4.69) is 12.2 Å². The maximum atomic E-state index is 13.9. The van der Waals surface area contributed by atoms with Crippen LogP contribution in [0.3, 0.4) is 0 Å². The van der Waals surface area contributed by atoms with E-state index in [9.17, 15) is 19.2 Å². The number of Topliss-reactive ketones (excluding diaryl/α,β-unsaturated/α-hetero) is 1. The molecule has 3 fully saturated rings. The summed E-state index contributed by atoms with van der Waals surface area (Å²) >= 11 is 6.33. The molecule has 0 aromatic heterocycles. The minimum Gasteiger partial charge on any atom is -0.292 e. The Kier molecular flexibility index (Phi) is 5.01. The lowest BCUT2D eigenvalue weighted by Gasteiger charge is -2.37. The first-order valence-electron chi connectivity index (χ1n) is 12.0. The van der Waals surface area contributed by atoms with Gasteiger partial charge in [0.05, 0.1) is 22.4 Å². The SMILES string of the molecule is Cc1ccc(C(=O)[C@H](C)N(C(=O)c2ccccc2Cl)N2C(=O)[C@@H]3[C@H]4C=C[C@@H]([C@@H]5C[C@H]45)[C@H]3C2=O)cc1. The van der Waals surface area contributed by atoms with Crippen molar-refractivity contribution in [2.75, 3.05) is 0 Å². The van der Waals surface area contributed by atoms with Gasteiger partial charge in [-0.1, -0.05) is 65.7 Å². The Balaban J connectivity index is 1.41. The highest BCUT2D eigenvalue weighted by atomic mass is 35.5. The quantitative estimate of drug-likeness (QED) is 0.356. The summed E-state index contributed by atoms with van der Waals surface area (Å²) in [4.78, 5) is 55.0. The molecule has 0 N–H and O–H groups in total. The molecular weight excluding hydrogens is 464 g/mol. The highest BCUT2D eigenvalue weighted by Crippen LogP contribution is 2.65. The van der Waals surface area contributed by atoms with Gasteiger partial charge in [-0.2, -0.15) is 5.01 Å². The zero-order valence-corrected chi connectivity index (χ0v) is 20.2. The van der Waals surface area contributed by atoms with Gasteiger partial charge in [0.1, 0.15) is 6.04 Å². The molecule has 7 heteroatoms. The van der Waals surface area contributed by atoms with Crippen molar-refractivity contribution in [2.45, 2.75) is 26.3 Å². The molecule has 7 rings (SSSR count). The van der Waals surface area contributed by atoms with Crippen molar-refractivity contribution in [2.24, 2.45) is 35.5 Å². The molecule has 2 aromatic rings. The number of hydrogen-bond acceptors (Lipinski definition) is 4. The van der Waals surface area contributed by atoms with E-state index in [1.165, 1.54) is 0 Å². The van der Waals surface area contributed by atoms with E-state index in [0.29, 0.717) is 17.4 Å². The number of allylic oxidation sites excluding steroid dienone is 2. The number of carbonyl (C=O) groups excluding carboxylic acids is 4. The summed E-state index contributed by atoms with van der Waals surface area (Å²) in [7, 11) is 0. The van der Waals surface area contributed by atoms with E-state index in [-0.39, 0.29) is 28.2 Å². The van der Waals surface area contributed by atoms with Crippen LogP contribution in [-0.4, -0.2) is 39.6 Å². The number of amides is 3. The van der Waals surface area contributed by atoms with Crippen LogP contribution in [0.15, 0.2) is 60.7 Å². The largest absolute Gasteiger partial charge is 0.292 e. The van der Waals surface area contributed by atoms with Crippen LogP contribution in [0, 0.1) is 42.4 Å². The second-order valence-electron chi connectivity index (χ2n) is 10.2. The number of carbonyl (C=O) groups is 4. The zero-order chi connectivity index (χ0) is 24.6. The van der Waals surface area contributed by atoms with E-state index < -0.39 is 35.6 Å². The van der Waals surface area contributed by atoms with Crippen molar-refractivity contribution in [3.63, 3.8) is 0 Å². The van der Waals surface area contributed by atoms with Crippen LogP contribution in [0.4, 0.5) is 0 Å². The van der Waals surface area contributed by atoms with Gasteiger partial charge in [0.15, 0.2) is 5.78 Å². The second-order valence-corrected chi connectivity index (χ2v) is 10.6. The minimum atomic E-state index is -1.09. The molecule has 1 aliphatic heterocycles. The Bertz CT molecular complexity index is 1270. The van der Waals surface area contributed by atoms with Gasteiger partial charge >= 0.3 is 0 Å². The third kappa shape index (κ3) is 3.23. The van der Waals surface area contributed by atoms with Crippen molar-refractivity contribution in [3.05, 3.63) is 82.4 Å². The van der Waals surface area contributed by atoms with E-state index in [1.54, 1.807) is 43.3 Å². The van der Waals surface area contributed by atoms with E-state index in [0.717, 1.165) is 22.0 Å². The number of benzene rings is 2. The Morgan fingerprint density at radius 2 is 1.51 bits per heavy atom. The van der Waals surface area contributed by atoms with Gasteiger partial charge in [-0.25, -0.2) is 5.01 Å². The Labute approximate surface area is 208 Å². The molecule has 178 valence electrons. The number of rotatable bonds is 5. The predicted octanol–water partition coefficient (Wildman–Crippen LogP) is 4.33. The number of halogens is 1. The molecule has 6 nitrogen and oxygen atoms in total. The molecule has 0 radical (unpaired) electrons. The van der Waals surface area contributed by atoms with E-state index in [4.69, 9.17) is 11.6 Å². The Morgan fingerprint density at radius 1 is 0.943 bits per heavy atom. The average molecular weight is 489 g/mol. The number of imide groups is 1. The van der Waals surface area contributed by atoms with Gasteiger partial charge in [-0.3, -0.25) is 19.2 Å². The smallest absolute Gasteiger partial charge is 0.275 e. The standard InChI is InChI=1S/C28H25ClN2O4/c1-14-7-9-16(10-8-14)25(32)15(2)30(26(33)19-5-3-4-6-22(19)29)31-27(34)23-17-11-12-18(21-13-20(17)21)24(23)28(31)35/h3-12,15,17-18,20-21,23-24H,13H2,1-2H3/t15-,17-,18-,20-,21+,23+,24+/m0/s1. The Morgan fingerprint density at radius 3 is 2.09 bits per heavy atom. The minimum absolute atomic E-state index is 0.0109. The lowest BCUT2D eigenvalue weighted by Crippen LogP contribution is -2.56. The van der Waals surface area contributed by atoms with Crippen LogP contribution in [-0.2, 0) is 9.59 Å². The lowest BCUT2D eigenvalue weighted by molar-refractivity contribution is -0.156. The highest BCUT2D eigenvalue weighted by Gasteiger charge is 2.68. The molecule has 0 unspecified atom stereocenters. The van der Waals surface area contributed by atoms with Crippen molar-refractivity contribution in [3.8, 4) is 0 Å². The van der Waals surface area contributed by atoms with Crippen molar-refractivity contribution in [1.82, 2.24) is 10.0 Å². The summed E-state index contributed by atoms with van der Waals surface area (Å²) in [6.07, 6.45) is 5.20.